The maximum absolute atomic E-state index is 12.4. The lowest BCUT2D eigenvalue weighted by Crippen LogP contribution is -2.31. The number of ether oxygens (including phenoxy) is 1. The molecule has 0 fully saturated rings. The highest BCUT2D eigenvalue weighted by molar-refractivity contribution is 7.18. The van der Waals surface area contributed by atoms with Crippen LogP contribution in [0.15, 0.2) is 36.5 Å². The topological polar surface area (TPSA) is 86.1 Å². The molecule has 2 heterocycles. The van der Waals surface area contributed by atoms with E-state index in [-0.39, 0.29) is 18.4 Å². The van der Waals surface area contributed by atoms with Gasteiger partial charge < -0.3 is 10.1 Å². The van der Waals surface area contributed by atoms with E-state index in [4.69, 9.17) is 4.74 Å². The molecule has 28 heavy (non-hydrogen) atoms. The molecule has 0 radical (unpaired) electrons. The minimum Gasteiger partial charge on any atom is -0.453 e. The van der Waals surface area contributed by atoms with E-state index in [1.807, 2.05) is 38.1 Å². The van der Waals surface area contributed by atoms with Gasteiger partial charge in [0, 0.05) is 12.5 Å². The lowest BCUT2D eigenvalue weighted by atomic mass is 10.3. The fraction of sp³-hybridized carbons (Fsp3) is 0.400. The number of carbonyl (C=O) groups is 2. The molecule has 1 amide bonds. The molecule has 0 aliphatic carbocycles. The molecule has 3 aromatic rings. The molecule has 7 nitrogen and oxygen atoms in total. The third kappa shape index (κ3) is 4.75. The molecule has 0 unspecified atom stereocenters. The van der Waals surface area contributed by atoms with E-state index in [0.717, 1.165) is 21.6 Å². The summed E-state index contributed by atoms with van der Waals surface area (Å²) in [5.41, 5.74) is 0.932. The number of nitrogens with one attached hydrogen (secondary N) is 1. The van der Waals surface area contributed by atoms with Crippen LogP contribution in [0.3, 0.4) is 0 Å². The number of hydrogen-bond acceptors (Lipinski definition) is 6. The number of rotatable bonds is 8. The minimum absolute atomic E-state index is 0.164. The molecular formula is C20H24N4O3S. The summed E-state index contributed by atoms with van der Waals surface area (Å²) in [5, 5.41) is 7.89. The van der Waals surface area contributed by atoms with Gasteiger partial charge in [-0.15, -0.1) is 11.3 Å². The van der Waals surface area contributed by atoms with Gasteiger partial charge in [-0.25, -0.2) is 9.67 Å². The molecule has 1 N–H and O–H groups in total. The summed E-state index contributed by atoms with van der Waals surface area (Å²) in [6.45, 7) is 5.64. The molecule has 0 spiro atoms. The van der Waals surface area contributed by atoms with Crippen LogP contribution in [-0.4, -0.2) is 32.7 Å². The average molecular weight is 401 g/mol. The Balaban J connectivity index is 1.50. The van der Waals surface area contributed by atoms with Crippen molar-refractivity contribution in [1.29, 1.82) is 0 Å². The van der Waals surface area contributed by atoms with Gasteiger partial charge in [0.15, 0.2) is 6.10 Å². The standard InChI is InChI=1S/C20H24N4O3S/c1-4-13(2)24-17(11-12-21-24)23-20(26)14(3)27-19(25)10-9-18-22-15-7-5-6-8-16(15)28-18/h5-8,11-14H,4,9-10H2,1-3H3,(H,23,26)/t13-,14+/m1/s1. The number of amides is 1. The fourth-order valence-electron chi connectivity index (χ4n) is 2.71. The first-order valence-electron chi connectivity index (χ1n) is 9.36. The van der Waals surface area contributed by atoms with Crippen molar-refractivity contribution < 1.29 is 14.3 Å². The van der Waals surface area contributed by atoms with E-state index in [0.29, 0.717) is 12.2 Å². The smallest absolute Gasteiger partial charge is 0.306 e. The molecule has 0 aliphatic heterocycles. The zero-order valence-electron chi connectivity index (χ0n) is 16.2. The van der Waals surface area contributed by atoms with Gasteiger partial charge in [0.05, 0.1) is 33.9 Å². The van der Waals surface area contributed by atoms with Gasteiger partial charge in [0.2, 0.25) is 0 Å². The Labute approximate surface area is 167 Å². The first-order valence-corrected chi connectivity index (χ1v) is 10.2. The summed E-state index contributed by atoms with van der Waals surface area (Å²) in [7, 11) is 0. The quantitative estimate of drug-likeness (QED) is 0.578. The van der Waals surface area contributed by atoms with Gasteiger partial charge in [-0.2, -0.15) is 5.10 Å². The van der Waals surface area contributed by atoms with Gasteiger partial charge in [0.1, 0.15) is 5.82 Å². The highest BCUT2D eigenvalue weighted by Gasteiger charge is 2.20. The van der Waals surface area contributed by atoms with Crippen LogP contribution in [0.1, 0.15) is 44.7 Å². The summed E-state index contributed by atoms with van der Waals surface area (Å²) >= 11 is 1.57. The summed E-state index contributed by atoms with van der Waals surface area (Å²) in [5.74, 6) is -0.201. The molecule has 2 atom stereocenters. The number of hydrogen-bond donors (Lipinski definition) is 1. The predicted molar refractivity (Wildman–Crippen MR) is 109 cm³/mol. The predicted octanol–water partition coefficient (Wildman–Crippen LogP) is 3.97. The van der Waals surface area contributed by atoms with Crippen LogP contribution in [0, 0.1) is 0 Å². The maximum Gasteiger partial charge on any atom is 0.306 e. The number of esters is 1. The van der Waals surface area contributed by atoms with Gasteiger partial charge in [-0.05, 0) is 32.4 Å². The SMILES string of the molecule is CC[C@@H](C)n1nccc1NC(=O)[C@H](C)OC(=O)CCc1nc2ccccc2s1. The van der Waals surface area contributed by atoms with Crippen molar-refractivity contribution in [2.24, 2.45) is 0 Å². The normalized spacial score (nSPS) is 13.2. The third-order valence-electron chi connectivity index (χ3n) is 4.49. The number of aryl methyl sites for hydroxylation is 1. The molecule has 8 heteroatoms. The number of fused-ring (bicyclic) bond motifs is 1. The number of nitrogens with zero attached hydrogens (tertiary/aromatic N) is 3. The number of anilines is 1. The Morgan fingerprint density at radius 1 is 1.25 bits per heavy atom. The van der Waals surface area contributed by atoms with Crippen LogP contribution < -0.4 is 5.32 Å². The minimum atomic E-state index is -0.886. The van der Waals surface area contributed by atoms with Crippen molar-refractivity contribution >= 4 is 39.2 Å². The van der Waals surface area contributed by atoms with Crippen molar-refractivity contribution in [1.82, 2.24) is 14.8 Å². The van der Waals surface area contributed by atoms with E-state index in [9.17, 15) is 9.59 Å². The van der Waals surface area contributed by atoms with E-state index < -0.39 is 12.1 Å². The molecular weight excluding hydrogens is 376 g/mol. The van der Waals surface area contributed by atoms with E-state index in [1.54, 1.807) is 35.2 Å². The van der Waals surface area contributed by atoms with Crippen LogP contribution in [0.2, 0.25) is 0 Å². The Kier molecular flexibility index (Phi) is 6.41. The maximum atomic E-state index is 12.4. The van der Waals surface area contributed by atoms with Crippen molar-refractivity contribution in [2.45, 2.75) is 52.2 Å². The summed E-state index contributed by atoms with van der Waals surface area (Å²) in [6, 6.07) is 9.75. The van der Waals surface area contributed by atoms with Crippen LogP contribution in [-0.2, 0) is 20.7 Å². The van der Waals surface area contributed by atoms with Gasteiger partial charge in [0.25, 0.3) is 5.91 Å². The van der Waals surface area contributed by atoms with Gasteiger partial charge >= 0.3 is 5.97 Å². The Morgan fingerprint density at radius 2 is 2.04 bits per heavy atom. The molecule has 0 aliphatic rings. The fourth-order valence-corrected chi connectivity index (χ4v) is 3.68. The Bertz CT molecular complexity index is 932. The van der Waals surface area contributed by atoms with E-state index in [1.165, 1.54) is 0 Å². The average Bonchev–Trinajstić information content (AvgIpc) is 3.32. The van der Waals surface area contributed by atoms with Crippen LogP contribution >= 0.6 is 11.3 Å². The van der Waals surface area contributed by atoms with Crippen LogP contribution in [0.4, 0.5) is 5.82 Å². The zero-order valence-corrected chi connectivity index (χ0v) is 17.0. The summed E-state index contributed by atoms with van der Waals surface area (Å²) < 4.78 is 8.12. The van der Waals surface area contributed by atoms with E-state index in [2.05, 4.69) is 15.4 Å². The largest absolute Gasteiger partial charge is 0.453 e. The van der Waals surface area contributed by atoms with Crippen molar-refractivity contribution in [3.63, 3.8) is 0 Å². The van der Waals surface area contributed by atoms with Crippen LogP contribution in [0.25, 0.3) is 10.2 Å². The van der Waals surface area contributed by atoms with Gasteiger partial charge in [-0.1, -0.05) is 19.1 Å². The molecule has 3 rings (SSSR count). The summed E-state index contributed by atoms with van der Waals surface area (Å²) in [4.78, 5) is 29.0. The number of carbonyl (C=O) groups excluding carboxylic acids is 2. The zero-order chi connectivity index (χ0) is 20.1. The number of aromatic nitrogens is 3. The van der Waals surface area contributed by atoms with Gasteiger partial charge in [-0.3, -0.25) is 9.59 Å². The Morgan fingerprint density at radius 3 is 2.79 bits per heavy atom. The molecule has 1 aromatic carbocycles. The number of thiazole rings is 1. The Hall–Kier alpha value is -2.74. The van der Waals surface area contributed by atoms with Crippen molar-refractivity contribution in [3.8, 4) is 0 Å². The number of benzene rings is 1. The summed E-state index contributed by atoms with van der Waals surface area (Å²) in [6.07, 6.45) is 2.32. The lowest BCUT2D eigenvalue weighted by molar-refractivity contribution is -0.153. The second-order valence-electron chi connectivity index (χ2n) is 6.61. The monoisotopic (exact) mass is 400 g/mol. The molecule has 0 saturated carbocycles. The van der Waals surface area contributed by atoms with E-state index >= 15 is 0 Å². The van der Waals surface area contributed by atoms with Crippen molar-refractivity contribution in [3.05, 3.63) is 41.5 Å². The molecule has 0 bridgehead atoms. The first kappa shape index (κ1) is 20.0. The first-order chi connectivity index (χ1) is 13.5. The highest BCUT2D eigenvalue weighted by Crippen LogP contribution is 2.22. The third-order valence-corrected chi connectivity index (χ3v) is 5.58. The highest BCUT2D eigenvalue weighted by atomic mass is 32.1. The molecule has 148 valence electrons. The molecule has 0 saturated heterocycles. The second kappa shape index (κ2) is 8.97. The number of para-hydroxylation sites is 1. The second-order valence-corrected chi connectivity index (χ2v) is 7.73. The van der Waals surface area contributed by atoms with Crippen LogP contribution in [0.5, 0.6) is 0 Å². The van der Waals surface area contributed by atoms with Crippen molar-refractivity contribution in [2.75, 3.05) is 5.32 Å². The molecule has 2 aromatic heterocycles. The lowest BCUT2D eigenvalue weighted by Gasteiger charge is -2.16.